The highest BCUT2D eigenvalue weighted by atomic mass is 32.3. The average Bonchev–Trinajstić information content (AvgIpc) is 2.31. The van der Waals surface area contributed by atoms with E-state index in [1.54, 1.807) is 0 Å². The van der Waals surface area contributed by atoms with Gasteiger partial charge in [-0.05, 0) is 0 Å². The average molecular weight is 256 g/mol. The third-order valence-corrected chi connectivity index (χ3v) is 5.34. The van der Waals surface area contributed by atoms with E-state index in [0.717, 1.165) is 23.8 Å². The zero-order valence-electron chi connectivity index (χ0n) is 7.41. The smallest absolute Gasteiger partial charge is 0.227 e. The Morgan fingerprint density at radius 3 is 2.00 bits per heavy atom. The molecule has 6 nitrogen and oxygen atoms in total. The van der Waals surface area contributed by atoms with Crippen molar-refractivity contribution in [2.24, 2.45) is 0 Å². The lowest BCUT2D eigenvalue weighted by atomic mass is 11.0. The lowest BCUT2D eigenvalue weighted by Crippen LogP contribution is -2.35. The van der Waals surface area contributed by atoms with E-state index >= 15 is 0 Å². The summed E-state index contributed by atoms with van der Waals surface area (Å²) in [4.78, 5) is 3.64. The van der Waals surface area contributed by atoms with Crippen LogP contribution in [0.25, 0.3) is 0 Å². The van der Waals surface area contributed by atoms with E-state index in [1.165, 1.54) is 11.6 Å². The summed E-state index contributed by atoms with van der Waals surface area (Å²) in [6.07, 6.45) is 2.97. The van der Waals surface area contributed by atoms with Crippen LogP contribution < -0.4 is 3.71 Å². The van der Waals surface area contributed by atoms with Gasteiger partial charge in [-0.25, -0.2) is 21.8 Å². The molecule has 0 aliphatic heterocycles. The second-order valence-corrected chi connectivity index (χ2v) is 7.30. The first-order valence-corrected chi connectivity index (χ1v) is 7.90. The number of rotatable bonds is 3. The Morgan fingerprint density at radius 2 is 1.71 bits per heavy atom. The van der Waals surface area contributed by atoms with Crippen LogP contribution >= 0.6 is 11.3 Å². The molecule has 0 amide bonds. The molecule has 0 N–H and O–H groups in total. The first-order valence-electron chi connectivity index (χ1n) is 3.33. The van der Waals surface area contributed by atoms with Crippen molar-refractivity contribution in [2.45, 2.75) is 0 Å². The van der Waals surface area contributed by atoms with Gasteiger partial charge >= 0.3 is 0 Å². The summed E-state index contributed by atoms with van der Waals surface area (Å²) in [5, 5.41) is 1.42. The highest BCUT2D eigenvalue weighted by Gasteiger charge is 2.29. The SMILES string of the molecule is CS(=O)(=O)N(c1nccs1)S(C)(=O)=O. The second kappa shape index (κ2) is 3.48. The largest absolute Gasteiger partial charge is 0.247 e. The Kier molecular flexibility index (Phi) is 2.83. The molecule has 0 aliphatic carbocycles. The summed E-state index contributed by atoms with van der Waals surface area (Å²) in [7, 11) is -7.70. The molecule has 80 valence electrons. The summed E-state index contributed by atoms with van der Waals surface area (Å²) >= 11 is 0.941. The van der Waals surface area contributed by atoms with Gasteiger partial charge in [0.2, 0.25) is 25.2 Å². The number of sulfonamides is 2. The fraction of sp³-hybridized carbons (Fsp3) is 0.400. The molecule has 0 aliphatic rings. The number of hydrogen-bond donors (Lipinski definition) is 0. The van der Waals surface area contributed by atoms with Gasteiger partial charge in [0.15, 0.2) is 0 Å². The summed E-state index contributed by atoms with van der Waals surface area (Å²) in [5.41, 5.74) is 0. The van der Waals surface area contributed by atoms with Crippen LogP contribution in [-0.4, -0.2) is 34.3 Å². The number of thiazole rings is 1. The number of hydrogen-bond acceptors (Lipinski definition) is 6. The summed E-state index contributed by atoms with van der Waals surface area (Å²) in [6.45, 7) is 0. The minimum atomic E-state index is -3.85. The molecule has 1 aromatic rings. The molecule has 14 heavy (non-hydrogen) atoms. The topological polar surface area (TPSA) is 84.4 Å². The molecule has 0 spiro atoms. The first-order chi connectivity index (χ1) is 6.23. The van der Waals surface area contributed by atoms with Crippen LogP contribution in [0, 0.1) is 0 Å². The first kappa shape index (κ1) is 11.4. The van der Waals surface area contributed by atoms with Gasteiger partial charge < -0.3 is 0 Å². The van der Waals surface area contributed by atoms with Crippen LogP contribution in [0.1, 0.15) is 0 Å². The maximum Gasteiger partial charge on any atom is 0.247 e. The van der Waals surface area contributed by atoms with Crippen molar-refractivity contribution in [3.8, 4) is 0 Å². The minimum Gasteiger partial charge on any atom is -0.227 e. The van der Waals surface area contributed by atoms with Crippen LogP contribution in [0.3, 0.4) is 0 Å². The van der Waals surface area contributed by atoms with Gasteiger partial charge in [0, 0.05) is 11.6 Å². The van der Waals surface area contributed by atoms with Crippen LogP contribution in [0.2, 0.25) is 0 Å². The van der Waals surface area contributed by atoms with Gasteiger partial charge in [0.25, 0.3) is 0 Å². The Labute approximate surface area is 86.3 Å². The van der Waals surface area contributed by atoms with E-state index in [0.29, 0.717) is 3.71 Å². The normalized spacial score (nSPS) is 12.7. The molecule has 0 saturated heterocycles. The molecule has 0 radical (unpaired) electrons. The molecule has 1 aromatic heterocycles. The van der Waals surface area contributed by atoms with Crippen LogP contribution in [-0.2, 0) is 20.0 Å². The number of aromatic nitrogens is 1. The molecule has 0 fully saturated rings. The maximum atomic E-state index is 11.2. The van der Waals surface area contributed by atoms with E-state index in [-0.39, 0.29) is 5.13 Å². The Morgan fingerprint density at radius 1 is 1.21 bits per heavy atom. The van der Waals surface area contributed by atoms with Crippen molar-refractivity contribution < 1.29 is 16.8 Å². The highest BCUT2D eigenvalue weighted by Crippen LogP contribution is 2.22. The van der Waals surface area contributed by atoms with Crippen molar-refractivity contribution in [3.05, 3.63) is 11.6 Å². The minimum absolute atomic E-state index is 0.0741. The van der Waals surface area contributed by atoms with Crippen molar-refractivity contribution in [1.29, 1.82) is 0 Å². The lowest BCUT2D eigenvalue weighted by Gasteiger charge is -2.15. The molecular formula is C5H8N2O4S3. The molecule has 0 unspecified atom stereocenters. The molecule has 0 saturated carbocycles. The molecule has 0 aromatic carbocycles. The molecule has 0 atom stereocenters. The third kappa shape index (κ3) is 2.42. The van der Waals surface area contributed by atoms with Gasteiger partial charge in [-0.1, -0.05) is 0 Å². The van der Waals surface area contributed by atoms with Gasteiger partial charge in [0.05, 0.1) is 12.5 Å². The van der Waals surface area contributed by atoms with E-state index < -0.39 is 20.0 Å². The molecular weight excluding hydrogens is 248 g/mol. The highest BCUT2D eigenvalue weighted by molar-refractivity contribution is 8.09. The molecule has 9 heteroatoms. The van der Waals surface area contributed by atoms with E-state index in [9.17, 15) is 16.8 Å². The van der Waals surface area contributed by atoms with Gasteiger partial charge in [-0.3, -0.25) is 0 Å². The van der Waals surface area contributed by atoms with Crippen molar-refractivity contribution in [1.82, 2.24) is 4.98 Å². The Bertz CT molecular complexity index is 469. The Hall–Kier alpha value is -0.670. The lowest BCUT2D eigenvalue weighted by molar-refractivity contribution is 0.590. The van der Waals surface area contributed by atoms with Crippen molar-refractivity contribution in [3.63, 3.8) is 0 Å². The number of nitrogens with zero attached hydrogens (tertiary/aromatic N) is 2. The zero-order valence-corrected chi connectivity index (χ0v) is 9.86. The predicted molar refractivity (Wildman–Crippen MR) is 54.3 cm³/mol. The fourth-order valence-electron chi connectivity index (χ4n) is 0.836. The fourth-order valence-corrected chi connectivity index (χ4v) is 4.99. The number of anilines is 1. The summed E-state index contributed by atoms with van der Waals surface area (Å²) in [6, 6.07) is 0. The monoisotopic (exact) mass is 256 g/mol. The van der Waals surface area contributed by atoms with Gasteiger partial charge in [0.1, 0.15) is 0 Å². The second-order valence-electron chi connectivity index (χ2n) is 2.54. The Balaban J connectivity index is 3.37. The van der Waals surface area contributed by atoms with Crippen LogP contribution in [0.5, 0.6) is 0 Å². The summed E-state index contributed by atoms with van der Waals surface area (Å²) in [5.74, 6) is 0. The van der Waals surface area contributed by atoms with E-state index in [4.69, 9.17) is 0 Å². The maximum absolute atomic E-state index is 11.2. The van der Waals surface area contributed by atoms with Crippen LogP contribution in [0.15, 0.2) is 11.6 Å². The van der Waals surface area contributed by atoms with Crippen molar-refractivity contribution in [2.75, 3.05) is 16.2 Å². The molecule has 0 bridgehead atoms. The standard InChI is InChI=1S/C5H8N2O4S3/c1-13(8,9)7(14(2,10)11)5-6-3-4-12-5/h3-4H,1-2H3. The molecule has 1 heterocycles. The van der Waals surface area contributed by atoms with E-state index in [1.807, 2.05) is 0 Å². The van der Waals surface area contributed by atoms with Gasteiger partial charge in [-0.2, -0.15) is 0 Å². The van der Waals surface area contributed by atoms with Crippen molar-refractivity contribution >= 4 is 36.5 Å². The third-order valence-electron chi connectivity index (χ3n) is 1.18. The van der Waals surface area contributed by atoms with E-state index in [2.05, 4.69) is 4.98 Å². The van der Waals surface area contributed by atoms with Crippen LogP contribution in [0.4, 0.5) is 5.13 Å². The molecule has 1 rings (SSSR count). The predicted octanol–water partition coefficient (Wildman–Crippen LogP) is -0.131. The summed E-state index contributed by atoms with van der Waals surface area (Å²) < 4.78 is 45.1. The zero-order chi connectivity index (χ0) is 11.0. The van der Waals surface area contributed by atoms with Gasteiger partial charge in [-0.15, -0.1) is 15.0 Å². The quantitative estimate of drug-likeness (QED) is 0.752.